The van der Waals surface area contributed by atoms with E-state index in [1.165, 1.54) is 4.90 Å². The smallest absolute Gasteiger partial charge is 0.326 e. The number of nitrogens with zero attached hydrogens (tertiary/aromatic N) is 1. The maximum Gasteiger partial charge on any atom is 0.326 e. The Kier molecular flexibility index (Phi) is 3.60. The highest BCUT2D eigenvalue weighted by molar-refractivity contribution is 6.07. The van der Waals surface area contributed by atoms with Crippen molar-refractivity contribution in [1.82, 2.24) is 4.90 Å². The zero-order chi connectivity index (χ0) is 14.8. The van der Waals surface area contributed by atoms with Gasteiger partial charge in [0.05, 0.1) is 0 Å². The van der Waals surface area contributed by atoms with E-state index in [9.17, 15) is 14.7 Å². The molecule has 1 amide bonds. The Morgan fingerprint density at radius 2 is 1.81 bits per heavy atom. The molecule has 1 N–H and O–H groups in total. The molecule has 4 heteroatoms. The fraction of sp³-hybridized carbons (Fsp3) is 0.294. The first kappa shape index (κ1) is 13.6. The van der Waals surface area contributed by atoms with Crippen molar-refractivity contribution < 1.29 is 14.7 Å². The van der Waals surface area contributed by atoms with Crippen LogP contribution in [-0.4, -0.2) is 34.5 Å². The highest BCUT2D eigenvalue weighted by Crippen LogP contribution is 2.24. The molecule has 0 spiro atoms. The van der Waals surface area contributed by atoms with Crippen LogP contribution >= 0.6 is 0 Å². The molecule has 1 aliphatic rings. The topological polar surface area (TPSA) is 57.6 Å². The summed E-state index contributed by atoms with van der Waals surface area (Å²) in [6, 6.07) is 12.6. The van der Waals surface area contributed by atoms with E-state index < -0.39 is 12.0 Å². The van der Waals surface area contributed by atoms with Crippen LogP contribution in [-0.2, 0) is 4.79 Å². The molecular weight excluding hydrogens is 266 g/mol. The molecule has 0 aliphatic carbocycles. The van der Waals surface area contributed by atoms with Gasteiger partial charge >= 0.3 is 5.97 Å². The second-order valence-electron chi connectivity index (χ2n) is 5.38. The van der Waals surface area contributed by atoms with Crippen LogP contribution in [0.4, 0.5) is 0 Å². The number of carbonyl (C=O) groups is 2. The van der Waals surface area contributed by atoms with Crippen LogP contribution in [0.2, 0.25) is 0 Å². The predicted molar refractivity (Wildman–Crippen MR) is 80.3 cm³/mol. The molecular formula is C17H17NO3. The summed E-state index contributed by atoms with van der Waals surface area (Å²) < 4.78 is 0. The molecule has 1 aliphatic heterocycles. The van der Waals surface area contributed by atoms with Gasteiger partial charge in [-0.2, -0.15) is 0 Å². The van der Waals surface area contributed by atoms with E-state index in [4.69, 9.17) is 0 Å². The van der Waals surface area contributed by atoms with Gasteiger partial charge in [0.2, 0.25) is 0 Å². The molecule has 1 heterocycles. The molecule has 0 aromatic heterocycles. The van der Waals surface area contributed by atoms with Crippen molar-refractivity contribution in [2.24, 2.45) is 0 Å². The molecule has 1 saturated heterocycles. The Morgan fingerprint density at radius 3 is 2.62 bits per heavy atom. The number of piperidine rings is 1. The Morgan fingerprint density at radius 1 is 1.05 bits per heavy atom. The first-order chi connectivity index (χ1) is 10.2. The van der Waals surface area contributed by atoms with Crippen molar-refractivity contribution in [3.8, 4) is 0 Å². The van der Waals surface area contributed by atoms with E-state index in [1.807, 2.05) is 36.4 Å². The first-order valence-electron chi connectivity index (χ1n) is 7.20. The number of likely N-dealkylation sites (tertiary alicyclic amines) is 1. The number of rotatable bonds is 2. The lowest BCUT2D eigenvalue weighted by molar-refractivity contribution is -0.143. The SMILES string of the molecule is O=C(O)[C@@H]1CCCCN1C(=O)c1cccc2ccccc12. The molecule has 0 saturated carbocycles. The van der Waals surface area contributed by atoms with E-state index in [0.717, 1.165) is 23.6 Å². The van der Waals surface area contributed by atoms with Crippen molar-refractivity contribution in [2.75, 3.05) is 6.54 Å². The van der Waals surface area contributed by atoms with Gasteiger partial charge in [-0.25, -0.2) is 4.79 Å². The van der Waals surface area contributed by atoms with Gasteiger partial charge in [0.15, 0.2) is 0 Å². The van der Waals surface area contributed by atoms with Gasteiger partial charge in [0.1, 0.15) is 6.04 Å². The van der Waals surface area contributed by atoms with E-state index in [-0.39, 0.29) is 5.91 Å². The standard InChI is InChI=1S/C17H17NO3/c19-16(18-11-4-3-10-15(18)17(20)21)14-9-5-7-12-6-1-2-8-13(12)14/h1-2,5-9,15H,3-4,10-11H2,(H,20,21)/t15-/m0/s1. The molecule has 0 unspecified atom stereocenters. The van der Waals surface area contributed by atoms with Gasteiger partial charge in [-0.3, -0.25) is 4.79 Å². The number of benzene rings is 2. The molecule has 4 nitrogen and oxygen atoms in total. The number of amides is 1. The summed E-state index contributed by atoms with van der Waals surface area (Å²) in [5, 5.41) is 11.2. The molecule has 1 atom stereocenters. The first-order valence-corrected chi connectivity index (χ1v) is 7.20. The highest BCUT2D eigenvalue weighted by atomic mass is 16.4. The minimum Gasteiger partial charge on any atom is -0.480 e. The van der Waals surface area contributed by atoms with Crippen molar-refractivity contribution in [1.29, 1.82) is 0 Å². The van der Waals surface area contributed by atoms with E-state index in [2.05, 4.69) is 0 Å². The fourth-order valence-corrected chi connectivity index (χ4v) is 3.00. The highest BCUT2D eigenvalue weighted by Gasteiger charge is 2.32. The van der Waals surface area contributed by atoms with Crippen LogP contribution in [0.3, 0.4) is 0 Å². The molecule has 2 aromatic carbocycles. The maximum absolute atomic E-state index is 12.8. The minimum absolute atomic E-state index is 0.182. The van der Waals surface area contributed by atoms with Crippen LogP contribution in [0.5, 0.6) is 0 Å². The van der Waals surface area contributed by atoms with Gasteiger partial charge in [-0.05, 0) is 36.1 Å². The number of carbonyl (C=O) groups excluding carboxylic acids is 1. The lowest BCUT2D eigenvalue weighted by Gasteiger charge is -2.33. The zero-order valence-corrected chi connectivity index (χ0v) is 11.7. The van der Waals surface area contributed by atoms with E-state index in [0.29, 0.717) is 18.5 Å². The second-order valence-corrected chi connectivity index (χ2v) is 5.38. The van der Waals surface area contributed by atoms with Crippen molar-refractivity contribution >= 4 is 22.6 Å². The van der Waals surface area contributed by atoms with Gasteiger partial charge in [0.25, 0.3) is 5.91 Å². The number of fused-ring (bicyclic) bond motifs is 1. The van der Waals surface area contributed by atoms with Gasteiger partial charge in [-0.1, -0.05) is 36.4 Å². The Bertz CT molecular complexity index is 690. The Labute approximate surface area is 123 Å². The van der Waals surface area contributed by atoms with Crippen LogP contribution < -0.4 is 0 Å². The van der Waals surface area contributed by atoms with Crippen LogP contribution in [0.1, 0.15) is 29.6 Å². The lowest BCUT2D eigenvalue weighted by atomic mass is 9.98. The third-order valence-corrected chi connectivity index (χ3v) is 4.07. The largest absolute Gasteiger partial charge is 0.480 e. The molecule has 3 rings (SSSR count). The number of aliphatic carboxylic acids is 1. The average Bonchev–Trinajstić information content (AvgIpc) is 2.53. The van der Waals surface area contributed by atoms with Gasteiger partial charge in [0, 0.05) is 12.1 Å². The van der Waals surface area contributed by atoms with Crippen LogP contribution in [0, 0.1) is 0 Å². The van der Waals surface area contributed by atoms with Crippen LogP contribution in [0.15, 0.2) is 42.5 Å². The summed E-state index contributed by atoms with van der Waals surface area (Å²) in [6.07, 6.45) is 2.25. The summed E-state index contributed by atoms with van der Waals surface area (Å²) in [5.41, 5.74) is 0.584. The van der Waals surface area contributed by atoms with Crippen molar-refractivity contribution in [3.05, 3.63) is 48.0 Å². The number of hydrogen-bond acceptors (Lipinski definition) is 2. The number of carboxylic acids is 1. The number of carboxylic acid groups (broad SMARTS) is 1. The molecule has 21 heavy (non-hydrogen) atoms. The summed E-state index contributed by atoms with van der Waals surface area (Å²) in [4.78, 5) is 25.7. The van der Waals surface area contributed by atoms with Crippen molar-refractivity contribution in [2.45, 2.75) is 25.3 Å². The van der Waals surface area contributed by atoms with Gasteiger partial charge in [-0.15, -0.1) is 0 Å². The van der Waals surface area contributed by atoms with Crippen LogP contribution in [0.25, 0.3) is 10.8 Å². The number of hydrogen-bond donors (Lipinski definition) is 1. The predicted octanol–water partition coefficient (Wildman–Crippen LogP) is 2.92. The Balaban J connectivity index is 2.01. The third-order valence-electron chi connectivity index (χ3n) is 4.07. The van der Waals surface area contributed by atoms with Gasteiger partial charge < -0.3 is 10.0 Å². The molecule has 1 fully saturated rings. The lowest BCUT2D eigenvalue weighted by Crippen LogP contribution is -2.48. The minimum atomic E-state index is -0.914. The third kappa shape index (κ3) is 2.49. The molecule has 0 bridgehead atoms. The van der Waals surface area contributed by atoms with Crippen molar-refractivity contribution in [3.63, 3.8) is 0 Å². The molecule has 108 valence electrons. The average molecular weight is 283 g/mol. The monoisotopic (exact) mass is 283 g/mol. The summed E-state index contributed by atoms with van der Waals surface area (Å²) in [5.74, 6) is -1.10. The normalized spacial score (nSPS) is 18.7. The summed E-state index contributed by atoms with van der Waals surface area (Å²) in [7, 11) is 0. The second kappa shape index (κ2) is 5.56. The summed E-state index contributed by atoms with van der Waals surface area (Å²) in [6.45, 7) is 0.513. The summed E-state index contributed by atoms with van der Waals surface area (Å²) >= 11 is 0. The fourth-order valence-electron chi connectivity index (χ4n) is 3.00. The quantitative estimate of drug-likeness (QED) is 0.922. The van der Waals surface area contributed by atoms with E-state index >= 15 is 0 Å². The molecule has 0 radical (unpaired) electrons. The zero-order valence-electron chi connectivity index (χ0n) is 11.7. The maximum atomic E-state index is 12.8. The molecule has 2 aromatic rings. The Hall–Kier alpha value is -2.36. The van der Waals surface area contributed by atoms with E-state index in [1.54, 1.807) is 6.07 Å².